The summed E-state index contributed by atoms with van der Waals surface area (Å²) in [5.74, 6) is -0.786. The molecule has 1 aromatic carbocycles. The van der Waals surface area contributed by atoms with E-state index in [1.807, 2.05) is 0 Å². The number of hydrogen-bond donors (Lipinski definition) is 0. The fraction of sp³-hybridized carbons (Fsp3) is 0.667. The van der Waals surface area contributed by atoms with Crippen molar-refractivity contribution in [3.05, 3.63) is 35.4 Å². The molecule has 1 aromatic rings. The molecule has 4 nitrogen and oxygen atoms in total. The van der Waals surface area contributed by atoms with Crippen LogP contribution < -0.4 is 0 Å². The third kappa shape index (κ3) is 6.35. The van der Waals surface area contributed by atoms with E-state index in [-0.39, 0.29) is 12.2 Å². The van der Waals surface area contributed by atoms with Crippen molar-refractivity contribution >= 4 is 11.9 Å². The minimum Gasteiger partial charge on any atom is -0.459 e. The van der Waals surface area contributed by atoms with Crippen LogP contribution in [0.4, 0.5) is 0 Å². The Kier molecular flexibility index (Phi) is 8.38. The zero-order valence-electron chi connectivity index (χ0n) is 17.0. The van der Waals surface area contributed by atoms with Gasteiger partial charge in [-0.15, -0.1) is 0 Å². The first-order valence-corrected chi connectivity index (χ1v) is 11.2. The van der Waals surface area contributed by atoms with Gasteiger partial charge in [0.2, 0.25) is 0 Å². The lowest BCUT2D eigenvalue weighted by Crippen LogP contribution is -2.23. The fourth-order valence-corrected chi connectivity index (χ4v) is 4.34. The van der Waals surface area contributed by atoms with Crippen molar-refractivity contribution in [2.24, 2.45) is 0 Å². The molecule has 0 spiro atoms. The molecule has 4 heteroatoms. The number of carbonyl (C=O) groups excluding carboxylic acids is 2. The van der Waals surface area contributed by atoms with Crippen LogP contribution in [0.3, 0.4) is 0 Å². The highest BCUT2D eigenvalue weighted by Crippen LogP contribution is 2.24. The van der Waals surface area contributed by atoms with E-state index in [1.54, 1.807) is 24.3 Å². The number of ether oxygens (including phenoxy) is 2. The second kappa shape index (κ2) is 11.2. The van der Waals surface area contributed by atoms with E-state index in [0.717, 1.165) is 51.4 Å². The van der Waals surface area contributed by atoms with Crippen LogP contribution in [0.1, 0.15) is 111 Å². The molecule has 0 unspecified atom stereocenters. The SMILES string of the molecule is O=C(OC1CCCCCCC1)c1ccccc1C(=O)OC1CCCCCCC1. The molecule has 2 aliphatic rings. The lowest BCUT2D eigenvalue weighted by Gasteiger charge is -2.22. The Labute approximate surface area is 169 Å². The minimum absolute atomic E-state index is 0.0394. The third-order valence-corrected chi connectivity index (χ3v) is 6.02. The standard InChI is InChI=1S/C24H34O4/c25-23(27-19-13-7-3-1-4-8-14-19)21-17-11-12-18-22(21)24(26)28-20-15-9-5-2-6-10-16-20/h11-12,17-20H,1-10,13-16H2. The highest BCUT2D eigenvalue weighted by atomic mass is 16.5. The smallest absolute Gasteiger partial charge is 0.339 e. The summed E-state index contributed by atoms with van der Waals surface area (Å²) in [5.41, 5.74) is 0.667. The van der Waals surface area contributed by atoms with Crippen molar-refractivity contribution in [1.82, 2.24) is 0 Å². The molecule has 0 saturated heterocycles. The van der Waals surface area contributed by atoms with Crippen LogP contribution in [0, 0.1) is 0 Å². The first kappa shape index (κ1) is 20.9. The quantitative estimate of drug-likeness (QED) is 0.576. The summed E-state index contributed by atoms with van der Waals surface area (Å²) in [6.45, 7) is 0. The molecule has 0 amide bonds. The summed E-state index contributed by atoms with van der Waals surface area (Å²) < 4.78 is 11.6. The highest BCUT2D eigenvalue weighted by Gasteiger charge is 2.24. The van der Waals surface area contributed by atoms with Gasteiger partial charge in [-0.25, -0.2) is 9.59 Å². The molecule has 0 bridgehead atoms. The van der Waals surface area contributed by atoms with Crippen LogP contribution in [-0.2, 0) is 9.47 Å². The van der Waals surface area contributed by atoms with Gasteiger partial charge in [-0.2, -0.15) is 0 Å². The van der Waals surface area contributed by atoms with Gasteiger partial charge in [0.25, 0.3) is 0 Å². The van der Waals surface area contributed by atoms with E-state index in [2.05, 4.69) is 0 Å². The van der Waals surface area contributed by atoms with Crippen LogP contribution in [0.15, 0.2) is 24.3 Å². The molecular formula is C24H34O4. The molecule has 154 valence electrons. The van der Waals surface area contributed by atoms with E-state index >= 15 is 0 Å². The van der Waals surface area contributed by atoms with Crippen molar-refractivity contribution in [2.75, 3.05) is 0 Å². The van der Waals surface area contributed by atoms with Crippen LogP contribution in [-0.4, -0.2) is 24.1 Å². The molecule has 0 radical (unpaired) electrons. The molecule has 0 N–H and O–H groups in total. The molecule has 2 aliphatic carbocycles. The Hall–Kier alpha value is -1.84. The van der Waals surface area contributed by atoms with Crippen molar-refractivity contribution in [2.45, 2.75) is 102 Å². The van der Waals surface area contributed by atoms with Gasteiger partial charge in [-0.3, -0.25) is 0 Å². The summed E-state index contributed by atoms with van der Waals surface area (Å²) in [5, 5.41) is 0. The van der Waals surface area contributed by atoms with Crippen molar-refractivity contribution in [3.8, 4) is 0 Å². The summed E-state index contributed by atoms with van der Waals surface area (Å²) in [6.07, 6.45) is 15.4. The average molecular weight is 387 g/mol. The molecular weight excluding hydrogens is 352 g/mol. The largest absolute Gasteiger partial charge is 0.459 e. The van der Waals surface area contributed by atoms with Crippen molar-refractivity contribution < 1.29 is 19.1 Å². The second-order valence-electron chi connectivity index (χ2n) is 8.29. The number of carbonyl (C=O) groups is 2. The molecule has 2 saturated carbocycles. The summed E-state index contributed by atoms with van der Waals surface area (Å²) in [6, 6.07) is 6.92. The normalized spacial score (nSPS) is 20.3. The molecule has 0 heterocycles. The lowest BCUT2D eigenvalue weighted by atomic mass is 9.98. The molecule has 3 rings (SSSR count). The van der Waals surface area contributed by atoms with E-state index < -0.39 is 11.9 Å². The van der Waals surface area contributed by atoms with Gasteiger partial charge < -0.3 is 9.47 Å². The minimum atomic E-state index is -0.393. The Morgan fingerprint density at radius 3 is 1.25 bits per heavy atom. The Morgan fingerprint density at radius 1 is 0.571 bits per heavy atom. The maximum absolute atomic E-state index is 12.8. The summed E-state index contributed by atoms with van der Waals surface area (Å²) >= 11 is 0. The van der Waals surface area contributed by atoms with Gasteiger partial charge in [-0.05, 0) is 63.5 Å². The van der Waals surface area contributed by atoms with Gasteiger partial charge in [0.15, 0.2) is 0 Å². The van der Waals surface area contributed by atoms with Crippen molar-refractivity contribution in [3.63, 3.8) is 0 Å². The Morgan fingerprint density at radius 2 is 0.893 bits per heavy atom. The van der Waals surface area contributed by atoms with Gasteiger partial charge >= 0.3 is 11.9 Å². The molecule has 0 aliphatic heterocycles. The predicted molar refractivity (Wildman–Crippen MR) is 109 cm³/mol. The fourth-order valence-electron chi connectivity index (χ4n) is 4.34. The van der Waals surface area contributed by atoms with Gasteiger partial charge in [0, 0.05) is 0 Å². The zero-order chi connectivity index (χ0) is 19.6. The Balaban J connectivity index is 1.63. The number of esters is 2. The average Bonchev–Trinajstić information content (AvgIpc) is 2.65. The molecule has 0 atom stereocenters. The number of benzene rings is 1. The first-order chi connectivity index (χ1) is 13.7. The van der Waals surface area contributed by atoms with E-state index in [9.17, 15) is 9.59 Å². The van der Waals surface area contributed by atoms with Crippen molar-refractivity contribution in [1.29, 1.82) is 0 Å². The van der Waals surface area contributed by atoms with Gasteiger partial charge in [0.05, 0.1) is 11.1 Å². The summed E-state index contributed by atoms with van der Waals surface area (Å²) in [4.78, 5) is 25.6. The maximum Gasteiger partial charge on any atom is 0.339 e. The molecule has 28 heavy (non-hydrogen) atoms. The maximum atomic E-state index is 12.8. The highest BCUT2D eigenvalue weighted by molar-refractivity contribution is 6.03. The van der Waals surface area contributed by atoms with Gasteiger partial charge in [-0.1, -0.05) is 50.7 Å². The van der Waals surface area contributed by atoms with Crippen LogP contribution >= 0.6 is 0 Å². The van der Waals surface area contributed by atoms with E-state index in [4.69, 9.17) is 9.47 Å². The zero-order valence-corrected chi connectivity index (χ0v) is 17.0. The molecule has 0 aromatic heterocycles. The van der Waals surface area contributed by atoms with Gasteiger partial charge in [0.1, 0.15) is 12.2 Å². The summed E-state index contributed by atoms with van der Waals surface area (Å²) in [7, 11) is 0. The molecule has 2 fully saturated rings. The van der Waals surface area contributed by atoms with Crippen LogP contribution in [0.2, 0.25) is 0 Å². The van der Waals surface area contributed by atoms with E-state index in [1.165, 1.54) is 38.5 Å². The number of hydrogen-bond acceptors (Lipinski definition) is 4. The number of rotatable bonds is 4. The topological polar surface area (TPSA) is 52.6 Å². The monoisotopic (exact) mass is 386 g/mol. The van der Waals surface area contributed by atoms with E-state index in [0.29, 0.717) is 11.1 Å². The first-order valence-electron chi connectivity index (χ1n) is 11.2. The van der Waals surface area contributed by atoms with Crippen LogP contribution in [0.5, 0.6) is 0 Å². The second-order valence-corrected chi connectivity index (χ2v) is 8.29. The third-order valence-electron chi connectivity index (χ3n) is 6.02. The predicted octanol–water partition coefficient (Wildman–Crippen LogP) is 6.23. The van der Waals surface area contributed by atoms with Crippen LogP contribution in [0.25, 0.3) is 0 Å². The lowest BCUT2D eigenvalue weighted by molar-refractivity contribution is 0.0191. The Bertz CT molecular complexity index is 568.